The first-order valence-electron chi connectivity index (χ1n) is 8.44. The van der Waals surface area contributed by atoms with Gasteiger partial charge in [0.25, 0.3) is 11.8 Å². The first kappa shape index (κ1) is 18.7. The van der Waals surface area contributed by atoms with Crippen LogP contribution in [0.25, 0.3) is 11.0 Å². The van der Waals surface area contributed by atoms with Crippen molar-refractivity contribution >= 4 is 44.2 Å². The number of hydrogen-bond donors (Lipinski definition) is 4. The third-order valence-electron chi connectivity index (χ3n) is 4.10. The second-order valence-corrected chi connectivity index (χ2v) is 8.12. The van der Waals surface area contributed by atoms with E-state index in [0.717, 1.165) is 11.8 Å². The van der Waals surface area contributed by atoms with Crippen LogP contribution in [-0.4, -0.2) is 48.0 Å². The van der Waals surface area contributed by atoms with Crippen LogP contribution in [-0.2, 0) is 21.4 Å². The van der Waals surface area contributed by atoms with E-state index in [1.807, 2.05) is 0 Å². The molecule has 0 atom stereocenters. The van der Waals surface area contributed by atoms with Crippen molar-refractivity contribution in [2.24, 2.45) is 0 Å². The molecule has 3 heterocycles. The highest BCUT2D eigenvalue weighted by Crippen LogP contribution is 2.28. The molecule has 4 rings (SSSR count). The first-order chi connectivity index (χ1) is 13.8. The van der Waals surface area contributed by atoms with E-state index in [-0.39, 0.29) is 36.0 Å². The molecule has 1 aliphatic rings. The van der Waals surface area contributed by atoms with Crippen molar-refractivity contribution in [2.75, 3.05) is 22.9 Å². The number of sulfonamides is 1. The maximum absolute atomic E-state index is 12.6. The molecular weight excluding hydrogens is 400 g/mol. The summed E-state index contributed by atoms with van der Waals surface area (Å²) in [4.78, 5) is 34.9. The minimum atomic E-state index is -3.50. The maximum Gasteiger partial charge on any atom is 0.272 e. The summed E-state index contributed by atoms with van der Waals surface area (Å²) in [7, 11) is -3.50. The third kappa shape index (κ3) is 3.96. The second-order valence-electron chi connectivity index (χ2n) is 6.37. The SMILES string of the molecule is CS(=O)(=O)Nc1c[nH]c2c(C(=O)NCc3ccc4c(c3)NC(=O)CO4)ncnc12. The average Bonchev–Trinajstić information content (AvgIpc) is 3.07. The lowest BCUT2D eigenvalue weighted by Crippen LogP contribution is -2.26. The number of anilines is 2. The zero-order valence-corrected chi connectivity index (χ0v) is 16.0. The predicted molar refractivity (Wildman–Crippen MR) is 104 cm³/mol. The Morgan fingerprint density at radius 2 is 2.14 bits per heavy atom. The Balaban J connectivity index is 1.53. The molecule has 0 spiro atoms. The average molecular weight is 416 g/mol. The molecule has 1 aliphatic heterocycles. The molecule has 2 amide bonds. The number of aromatic amines is 1. The van der Waals surface area contributed by atoms with Crippen LogP contribution in [0.15, 0.2) is 30.7 Å². The first-order valence-corrected chi connectivity index (χ1v) is 10.3. The molecule has 29 heavy (non-hydrogen) atoms. The molecule has 0 unspecified atom stereocenters. The largest absolute Gasteiger partial charge is 0.482 e. The molecule has 0 aliphatic carbocycles. The Morgan fingerprint density at radius 3 is 2.93 bits per heavy atom. The standard InChI is InChI=1S/C17H16N6O5S/c1-29(26,27)23-11-6-18-15-14(11)20-8-21-16(15)17(25)19-5-9-2-3-12-10(4-9)22-13(24)7-28-12/h2-4,6,8,18,23H,5,7H2,1H3,(H,19,25)(H,22,24). The summed E-state index contributed by atoms with van der Waals surface area (Å²) in [5.41, 5.74) is 2.18. The summed E-state index contributed by atoms with van der Waals surface area (Å²) in [5.74, 6) is -0.148. The Kier molecular flexibility index (Phi) is 4.54. The van der Waals surface area contributed by atoms with Gasteiger partial charge in [-0.1, -0.05) is 6.07 Å². The molecule has 2 aromatic heterocycles. The number of rotatable bonds is 5. The number of carbonyl (C=O) groups is 2. The summed E-state index contributed by atoms with van der Waals surface area (Å²) in [5, 5.41) is 5.45. The van der Waals surface area contributed by atoms with E-state index in [9.17, 15) is 18.0 Å². The molecule has 3 aromatic rings. The van der Waals surface area contributed by atoms with Crippen LogP contribution in [0, 0.1) is 0 Å². The van der Waals surface area contributed by atoms with Gasteiger partial charge in [0.05, 0.1) is 23.1 Å². The molecule has 0 fully saturated rings. The van der Waals surface area contributed by atoms with E-state index in [0.29, 0.717) is 17.0 Å². The van der Waals surface area contributed by atoms with E-state index >= 15 is 0 Å². The number of H-pyrrole nitrogens is 1. The second kappa shape index (κ2) is 7.05. The third-order valence-corrected chi connectivity index (χ3v) is 4.69. The van der Waals surface area contributed by atoms with E-state index < -0.39 is 15.9 Å². The fraction of sp³-hybridized carbons (Fsp3) is 0.176. The van der Waals surface area contributed by atoms with E-state index in [1.165, 1.54) is 12.5 Å². The van der Waals surface area contributed by atoms with Crippen molar-refractivity contribution in [3.63, 3.8) is 0 Å². The number of aromatic nitrogens is 3. The van der Waals surface area contributed by atoms with Gasteiger partial charge in [-0.05, 0) is 17.7 Å². The summed E-state index contributed by atoms with van der Waals surface area (Å²) in [6, 6.07) is 5.20. The van der Waals surface area contributed by atoms with Gasteiger partial charge in [0, 0.05) is 12.7 Å². The molecular formula is C17H16N6O5S. The smallest absolute Gasteiger partial charge is 0.272 e. The minimum absolute atomic E-state index is 0.0287. The molecule has 0 saturated carbocycles. The molecule has 150 valence electrons. The summed E-state index contributed by atoms with van der Waals surface area (Å²) in [6.45, 7) is 0.155. The topological polar surface area (TPSA) is 155 Å². The maximum atomic E-state index is 12.6. The number of nitrogens with zero attached hydrogens (tertiary/aromatic N) is 2. The van der Waals surface area contributed by atoms with Gasteiger partial charge in [-0.15, -0.1) is 0 Å². The van der Waals surface area contributed by atoms with Crippen LogP contribution in [0.2, 0.25) is 0 Å². The number of nitrogens with one attached hydrogen (secondary N) is 4. The quantitative estimate of drug-likeness (QED) is 0.474. The minimum Gasteiger partial charge on any atom is -0.482 e. The molecule has 0 bridgehead atoms. The van der Waals surface area contributed by atoms with Crippen molar-refractivity contribution in [3.8, 4) is 5.75 Å². The van der Waals surface area contributed by atoms with E-state index in [1.54, 1.807) is 18.2 Å². The van der Waals surface area contributed by atoms with Gasteiger partial charge in [0.2, 0.25) is 10.0 Å². The zero-order chi connectivity index (χ0) is 20.6. The fourth-order valence-electron chi connectivity index (χ4n) is 2.90. The van der Waals surface area contributed by atoms with Crippen LogP contribution in [0.3, 0.4) is 0 Å². The van der Waals surface area contributed by atoms with Gasteiger partial charge in [-0.2, -0.15) is 0 Å². The van der Waals surface area contributed by atoms with Crippen LogP contribution < -0.4 is 20.1 Å². The van der Waals surface area contributed by atoms with Crippen molar-refractivity contribution in [3.05, 3.63) is 42.0 Å². The summed E-state index contributed by atoms with van der Waals surface area (Å²) < 4.78 is 30.6. The lowest BCUT2D eigenvalue weighted by Gasteiger charge is -2.18. The van der Waals surface area contributed by atoms with Gasteiger partial charge in [-0.25, -0.2) is 18.4 Å². The number of hydrogen-bond acceptors (Lipinski definition) is 7. The molecule has 1 aromatic carbocycles. The Bertz CT molecular complexity index is 1240. The highest BCUT2D eigenvalue weighted by atomic mass is 32.2. The Hall–Kier alpha value is -3.67. The Morgan fingerprint density at radius 1 is 1.31 bits per heavy atom. The van der Waals surface area contributed by atoms with Crippen LogP contribution in [0.5, 0.6) is 5.75 Å². The summed E-state index contributed by atoms with van der Waals surface area (Å²) in [6.07, 6.45) is 3.61. The normalized spacial score (nSPS) is 13.3. The number of carbonyl (C=O) groups excluding carboxylic acids is 2. The van der Waals surface area contributed by atoms with Crippen molar-refractivity contribution in [2.45, 2.75) is 6.54 Å². The fourth-order valence-corrected chi connectivity index (χ4v) is 3.45. The van der Waals surface area contributed by atoms with Crippen molar-refractivity contribution in [1.82, 2.24) is 20.3 Å². The van der Waals surface area contributed by atoms with E-state index in [2.05, 4.69) is 30.3 Å². The van der Waals surface area contributed by atoms with Crippen molar-refractivity contribution < 1.29 is 22.7 Å². The van der Waals surface area contributed by atoms with Gasteiger partial charge < -0.3 is 20.4 Å². The summed E-state index contributed by atoms with van der Waals surface area (Å²) >= 11 is 0. The van der Waals surface area contributed by atoms with Gasteiger partial charge in [-0.3, -0.25) is 14.3 Å². The van der Waals surface area contributed by atoms with Gasteiger partial charge in [0.15, 0.2) is 12.3 Å². The number of amides is 2. The predicted octanol–water partition coefficient (Wildman–Crippen LogP) is 0.590. The van der Waals surface area contributed by atoms with Crippen LogP contribution >= 0.6 is 0 Å². The van der Waals surface area contributed by atoms with Crippen LogP contribution in [0.4, 0.5) is 11.4 Å². The highest BCUT2D eigenvalue weighted by molar-refractivity contribution is 7.92. The van der Waals surface area contributed by atoms with Crippen molar-refractivity contribution in [1.29, 1.82) is 0 Å². The monoisotopic (exact) mass is 416 g/mol. The van der Waals surface area contributed by atoms with Gasteiger partial charge >= 0.3 is 0 Å². The lowest BCUT2D eigenvalue weighted by molar-refractivity contribution is -0.118. The van der Waals surface area contributed by atoms with Gasteiger partial charge in [0.1, 0.15) is 17.6 Å². The van der Waals surface area contributed by atoms with Crippen LogP contribution in [0.1, 0.15) is 16.1 Å². The lowest BCUT2D eigenvalue weighted by atomic mass is 10.1. The zero-order valence-electron chi connectivity index (χ0n) is 15.1. The molecule has 0 saturated heterocycles. The van der Waals surface area contributed by atoms with E-state index in [4.69, 9.17) is 4.74 Å². The molecule has 12 heteroatoms. The number of fused-ring (bicyclic) bond motifs is 2. The highest BCUT2D eigenvalue weighted by Gasteiger charge is 2.19. The number of benzene rings is 1. The molecule has 11 nitrogen and oxygen atoms in total. The number of ether oxygens (including phenoxy) is 1. The Labute approximate surface area is 164 Å². The molecule has 4 N–H and O–H groups in total. The molecule has 0 radical (unpaired) electrons.